The number of benzene rings is 2. The largest absolute Gasteiger partial charge is 0.496 e. The molecule has 4 heteroatoms. The van der Waals surface area contributed by atoms with Gasteiger partial charge in [-0.25, -0.2) is 0 Å². The van der Waals surface area contributed by atoms with Crippen LogP contribution in [0.25, 0.3) is 0 Å². The van der Waals surface area contributed by atoms with Crippen LogP contribution in [0.4, 0.5) is 11.4 Å². The molecular formula is C17H21ClN2O. The number of anilines is 2. The van der Waals surface area contributed by atoms with Crippen LogP contribution in [0.5, 0.6) is 5.75 Å². The van der Waals surface area contributed by atoms with E-state index in [1.165, 1.54) is 5.56 Å². The van der Waals surface area contributed by atoms with Gasteiger partial charge in [0.2, 0.25) is 0 Å². The minimum atomic E-state index is 0.239. The fourth-order valence-electron chi connectivity index (χ4n) is 2.45. The fraction of sp³-hybridized carbons (Fsp3) is 0.294. The summed E-state index contributed by atoms with van der Waals surface area (Å²) in [6.07, 6.45) is 0.852. The maximum atomic E-state index is 6.28. The zero-order valence-corrected chi connectivity index (χ0v) is 13.4. The molecule has 2 aromatic carbocycles. The Kier molecular flexibility index (Phi) is 4.97. The molecule has 0 aliphatic carbocycles. The van der Waals surface area contributed by atoms with Crippen LogP contribution >= 0.6 is 11.6 Å². The second-order valence-corrected chi connectivity index (χ2v) is 5.56. The van der Waals surface area contributed by atoms with E-state index in [4.69, 9.17) is 22.1 Å². The summed E-state index contributed by atoms with van der Waals surface area (Å²) in [6, 6.07) is 13.9. The van der Waals surface area contributed by atoms with Crippen LogP contribution in [0, 0.1) is 0 Å². The molecule has 2 aromatic rings. The number of likely N-dealkylation sites (N-methyl/N-ethyl adjacent to an activating group) is 1. The highest BCUT2D eigenvalue weighted by atomic mass is 35.5. The first-order valence-corrected chi connectivity index (χ1v) is 7.31. The SMILES string of the molecule is COc1ccccc1CC(C)N(C)c1c(N)cccc1Cl. The molecule has 112 valence electrons. The van der Waals surface area contributed by atoms with Gasteiger partial charge in [0.15, 0.2) is 0 Å². The molecule has 0 saturated carbocycles. The monoisotopic (exact) mass is 304 g/mol. The summed E-state index contributed by atoms with van der Waals surface area (Å²) in [4.78, 5) is 2.12. The quantitative estimate of drug-likeness (QED) is 0.849. The van der Waals surface area contributed by atoms with E-state index in [2.05, 4.69) is 17.9 Å². The van der Waals surface area contributed by atoms with Crippen molar-refractivity contribution in [2.75, 3.05) is 24.8 Å². The normalized spacial score (nSPS) is 12.0. The van der Waals surface area contributed by atoms with Crippen LogP contribution in [0.2, 0.25) is 5.02 Å². The number of nitrogens with two attached hydrogens (primary N) is 1. The van der Waals surface area contributed by atoms with Crippen LogP contribution < -0.4 is 15.4 Å². The Morgan fingerprint density at radius 3 is 2.57 bits per heavy atom. The molecule has 21 heavy (non-hydrogen) atoms. The number of methoxy groups -OCH3 is 1. The van der Waals surface area contributed by atoms with Crippen molar-refractivity contribution in [2.24, 2.45) is 0 Å². The van der Waals surface area contributed by atoms with Crippen molar-refractivity contribution in [3.63, 3.8) is 0 Å². The predicted molar refractivity (Wildman–Crippen MR) is 90.4 cm³/mol. The molecule has 2 N–H and O–H groups in total. The molecule has 0 saturated heterocycles. The Morgan fingerprint density at radius 1 is 1.19 bits per heavy atom. The van der Waals surface area contributed by atoms with Gasteiger partial charge >= 0.3 is 0 Å². The number of nitrogens with zero attached hydrogens (tertiary/aromatic N) is 1. The predicted octanol–water partition coefficient (Wildman–Crippen LogP) is 4.00. The average molecular weight is 305 g/mol. The summed E-state index contributed by atoms with van der Waals surface area (Å²) in [7, 11) is 3.71. The van der Waals surface area contributed by atoms with Gasteiger partial charge in [0.05, 0.1) is 23.5 Å². The van der Waals surface area contributed by atoms with Crippen LogP contribution in [0.1, 0.15) is 12.5 Å². The molecule has 2 rings (SSSR count). The van der Waals surface area contributed by atoms with Gasteiger partial charge in [-0.3, -0.25) is 0 Å². The van der Waals surface area contributed by atoms with Gasteiger partial charge in [-0.05, 0) is 37.1 Å². The molecule has 0 aliphatic heterocycles. The third-order valence-corrected chi connectivity index (χ3v) is 4.04. The molecule has 0 radical (unpaired) electrons. The smallest absolute Gasteiger partial charge is 0.122 e. The van der Waals surface area contributed by atoms with E-state index >= 15 is 0 Å². The molecule has 3 nitrogen and oxygen atoms in total. The lowest BCUT2D eigenvalue weighted by molar-refractivity contribution is 0.408. The molecular weight excluding hydrogens is 284 g/mol. The van der Waals surface area contributed by atoms with Crippen molar-refractivity contribution in [1.82, 2.24) is 0 Å². The van der Waals surface area contributed by atoms with E-state index in [1.54, 1.807) is 7.11 Å². The fourth-order valence-corrected chi connectivity index (χ4v) is 2.77. The first-order chi connectivity index (χ1) is 10.0. The number of rotatable bonds is 5. The van der Waals surface area contributed by atoms with Crippen molar-refractivity contribution in [3.05, 3.63) is 53.1 Å². The van der Waals surface area contributed by atoms with E-state index in [0.717, 1.165) is 17.9 Å². The lowest BCUT2D eigenvalue weighted by Crippen LogP contribution is -2.31. The molecule has 0 aliphatic rings. The number of nitrogen functional groups attached to an aromatic ring is 1. The van der Waals surface area contributed by atoms with Gasteiger partial charge in [0, 0.05) is 13.1 Å². The standard InChI is InChI=1S/C17H21ClN2O/c1-12(11-13-7-4-5-10-16(13)21-3)20(2)17-14(18)8-6-9-15(17)19/h4-10,12H,11,19H2,1-3H3. The van der Waals surface area contributed by atoms with E-state index in [9.17, 15) is 0 Å². The second-order valence-electron chi connectivity index (χ2n) is 5.15. The maximum Gasteiger partial charge on any atom is 0.122 e. The molecule has 0 bridgehead atoms. The second kappa shape index (κ2) is 6.72. The molecule has 0 spiro atoms. The highest BCUT2D eigenvalue weighted by molar-refractivity contribution is 6.34. The summed E-state index contributed by atoms with van der Waals surface area (Å²) in [5, 5.41) is 0.671. The van der Waals surface area contributed by atoms with Gasteiger partial charge in [-0.15, -0.1) is 0 Å². The summed E-state index contributed by atoms with van der Waals surface area (Å²) in [5.74, 6) is 0.907. The van der Waals surface area contributed by atoms with Crippen molar-refractivity contribution >= 4 is 23.0 Å². The Bertz CT molecular complexity index is 595. The van der Waals surface area contributed by atoms with Crippen molar-refractivity contribution < 1.29 is 4.74 Å². The topological polar surface area (TPSA) is 38.5 Å². The van der Waals surface area contributed by atoms with E-state index < -0.39 is 0 Å². The highest BCUT2D eigenvalue weighted by Crippen LogP contribution is 2.33. The number of hydrogen-bond donors (Lipinski definition) is 1. The number of halogens is 1. The first-order valence-electron chi connectivity index (χ1n) is 6.93. The van der Waals surface area contributed by atoms with Crippen LogP contribution in [-0.2, 0) is 6.42 Å². The van der Waals surface area contributed by atoms with Gasteiger partial charge in [0.25, 0.3) is 0 Å². The van der Waals surface area contributed by atoms with Gasteiger partial charge < -0.3 is 15.4 Å². The lowest BCUT2D eigenvalue weighted by atomic mass is 10.0. The minimum Gasteiger partial charge on any atom is -0.496 e. The molecule has 0 amide bonds. The molecule has 1 atom stereocenters. The lowest BCUT2D eigenvalue weighted by Gasteiger charge is -2.29. The molecule has 0 fully saturated rings. The van der Waals surface area contributed by atoms with Crippen molar-refractivity contribution in [1.29, 1.82) is 0 Å². The van der Waals surface area contributed by atoms with Gasteiger partial charge in [-0.1, -0.05) is 35.9 Å². The van der Waals surface area contributed by atoms with E-state index in [-0.39, 0.29) is 6.04 Å². The van der Waals surface area contributed by atoms with Crippen LogP contribution in [0.3, 0.4) is 0 Å². The Balaban J connectivity index is 2.22. The number of hydrogen-bond acceptors (Lipinski definition) is 3. The Morgan fingerprint density at radius 2 is 1.90 bits per heavy atom. The summed E-state index contributed by atoms with van der Waals surface area (Å²) in [5.41, 5.74) is 8.80. The third kappa shape index (κ3) is 3.42. The summed E-state index contributed by atoms with van der Waals surface area (Å²) >= 11 is 6.28. The molecule has 0 aromatic heterocycles. The van der Waals surface area contributed by atoms with E-state index in [0.29, 0.717) is 10.7 Å². The van der Waals surface area contributed by atoms with E-state index in [1.807, 2.05) is 43.4 Å². The Labute approximate surface area is 131 Å². The number of para-hydroxylation sites is 2. The Hall–Kier alpha value is -1.87. The first kappa shape index (κ1) is 15.5. The maximum absolute atomic E-state index is 6.28. The molecule has 1 unspecified atom stereocenters. The van der Waals surface area contributed by atoms with Crippen LogP contribution in [0.15, 0.2) is 42.5 Å². The van der Waals surface area contributed by atoms with Crippen LogP contribution in [-0.4, -0.2) is 20.2 Å². The molecule has 0 heterocycles. The summed E-state index contributed by atoms with van der Waals surface area (Å²) < 4.78 is 5.41. The highest BCUT2D eigenvalue weighted by Gasteiger charge is 2.17. The minimum absolute atomic E-state index is 0.239. The third-order valence-electron chi connectivity index (χ3n) is 3.74. The van der Waals surface area contributed by atoms with Gasteiger partial charge in [-0.2, -0.15) is 0 Å². The van der Waals surface area contributed by atoms with Crippen molar-refractivity contribution in [3.8, 4) is 5.75 Å². The average Bonchev–Trinajstić information content (AvgIpc) is 2.47. The van der Waals surface area contributed by atoms with Gasteiger partial charge in [0.1, 0.15) is 5.75 Å². The number of ether oxygens (including phenoxy) is 1. The summed E-state index contributed by atoms with van der Waals surface area (Å²) in [6.45, 7) is 2.15. The zero-order valence-electron chi connectivity index (χ0n) is 12.6. The van der Waals surface area contributed by atoms with Crippen molar-refractivity contribution in [2.45, 2.75) is 19.4 Å². The zero-order chi connectivity index (χ0) is 15.4.